The lowest BCUT2D eigenvalue weighted by molar-refractivity contribution is 0.162. The molecular weight excluding hydrogens is 198 g/mol. The van der Waals surface area contributed by atoms with Crippen LogP contribution in [0.2, 0.25) is 0 Å². The van der Waals surface area contributed by atoms with Gasteiger partial charge in [-0.05, 0) is 31.0 Å². The standard InChI is InChI=1S/C13H19N3/c1-16-9-13(5-2-6-13)8-15-11-7-10(14)3-4-12(11)16/h3-4,7,15H,2,5-6,8-9,14H2,1H3. The number of nitrogen functional groups attached to an aromatic ring is 1. The number of fused-ring (bicyclic) bond motifs is 1. The van der Waals surface area contributed by atoms with Gasteiger partial charge in [0.15, 0.2) is 0 Å². The minimum absolute atomic E-state index is 0.503. The lowest BCUT2D eigenvalue weighted by Crippen LogP contribution is -2.43. The van der Waals surface area contributed by atoms with E-state index in [0.717, 1.165) is 18.8 Å². The van der Waals surface area contributed by atoms with Gasteiger partial charge in [-0.25, -0.2) is 0 Å². The molecule has 3 heteroatoms. The number of nitrogens with zero attached hydrogens (tertiary/aromatic N) is 1. The van der Waals surface area contributed by atoms with Crippen LogP contribution in [-0.2, 0) is 0 Å². The van der Waals surface area contributed by atoms with E-state index < -0.39 is 0 Å². The van der Waals surface area contributed by atoms with Crippen LogP contribution < -0.4 is 16.0 Å². The van der Waals surface area contributed by atoms with Crippen molar-refractivity contribution in [2.75, 3.05) is 36.1 Å². The van der Waals surface area contributed by atoms with Crippen molar-refractivity contribution >= 4 is 17.1 Å². The van der Waals surface area contributed by atoms with E-state index in [-0.39, 0.29) is 0 Å². The number of rotatable bonds is 0. The summed E-state index contributed by atoms with van der Waals surface area (Å²) in [7, 11) is 2.18. The maximum absolute atomic E-state index is 5.83. The van der Waals surface area contributed by atoms with Crippen molar-refractivity contribution in [1.82, 2.24) is 0 Å². The van der Waals surface area contributed by atoms with Crippen LogP contribution in [0.3, 0.4) is 0 Å². The van der Waals surface area contributed by atoms with E-state index in [1.54, 1.807) is 0 Å². The quantitative estimate of drug-likeness (QED) is 0.655. The van der Waals surface area contributed by atoms with Gasteiger partial charge in [0, 0.05) is 31.2 Å². The zero-order valence-electron chi connectivity index (χ0n) is 9.79. The molecule has 0 bridgehead atoms. The van der Waals surface area contributed by atoms with Crippen molar-refractivity contribution in [2.45, 2.75) is 19.3 Å². The summed E-state index contributed by atoms with van der Waals surface area (Å²) >= 11 is 0. The number of hydrogen-bond acceptors (Lipinski definition) is 3. The molecule has 1 aliphatic carbocycles. The zero-order chi connectivity index (χ0) is 11.2. The number of hydrogen-bond donors (Lipinski definition) is 2. The average Bonchev–Trinajstić information content (AvgIpc) is 2.35. The first kappa shape index (κ1) is 9.82. The van der Waals surface area contributed by atoms with Crippen LogP contribution in [0.5, 0.6) is 0 Å². The molecule has 3 nitrogen and oxygen atoms in total. The van der Waals surface area contributed by atoms with Crippen LogP contribution in [0.15, 0.2) is 18.2 Å². The SMILES string of the molecule is CN1CC2(CCC2)CNc2cc(N)ccc21. The maximum Gasteiger partial charge on any atom is 0.0601 e. The first-order valence-electron chi connectivity index (χ1n) is 6.03. The number of nitrogens with one attached hydrogen (secondary N) is 1. The Kier molecular flexibility index (Phi) is 2.03. The van der Waals surface area contributed by atoms with Crippen molar-refractivity contribution in [1.29, 1.82) is 0 Å². The number of nitrogens with two attached hydrogens (primary N) is 1. The minimum atomic E-state index is 0.503. The first-order chi connectivity index (χ1) is 7.69. The molecule has 0 unspecified atom stereocenters. The molecule has 0 amide bonds. The van der Waals surface area contributed by atoms with Crippen LogP contribution in [0.1, 0.15) is 19.3 Å². The summed E-state index contributed by atoms with van der Waals surface area (Å²) in [5, 5.41) is 3.57. The van der Waals surface area contributed by atoms with Crippen LogP contribution in [-0.4, -0.2) is 20.1 Å². The fraction of sp³-hybridized carbons (Fsp3) is 0.538. The Morgan fingerprint density at radius 3 is 2.88 bits per heavy atom. The van der Waals surface area contributed by atoms with Gasteiger partial charge in [-0.3, -0.25) is 0 Å². The molecule has 3 N–H and O–H groups in total. The molecule has 1 saturated carbocycles. The summed E-state index contributed by atoms with van der Waals surface area (Å²) in [6.07, 6.45) is 4.09. The summed E-state index contributed by atoms with van der Waals surface area (Å²) in [4.78, 5) is 2.37. The lowest BCUT2D eigenvalue weighted by atomic mass is 9.68. The highest BCUT2D eigenvalue weighted by Gasteiger charge is 2.39. The Morgan fingerprint density at radius 1 is 1.38 bits per heavy atom. The van der Waals surface area contributed by atoms with E-state index in [4.69, 9.17) is 5.73 Å². The fourth-order valence-electron chi connectivity index (χ4n) is 2.97. The molecule has 86 valence electrons. The van der Waals surface area contributed by atoms with Crippen LogP contribution in [0.4, 0.5) is 17.1 Å². The van der Waals surface area contributed by atoms with Gasteiger partial charge in [-0.15, -0.1) is 0 Å². The Bertz CT molecular complexity index is 410. The highest BCUT2D eigenvalue weighted by atomic mass is 15.2. The van der Waals surface area contributed by atoms with Gasteiger partial charge in [0.05, 0.1) is 11.4 Å². The molecule has 1 spiro atoms. The van der Waals surface area contributed by atoms with Crippen molar-refractivity contribution < 1.29 is 0 Å². The summed E-state index contributed by atoms with van der Waals surface area (Å²) in [6.45, 7) is 2.25. The minimum Gasteiger partial charge on any atom is -0.399 e. The Morgan fingerprint density at radius 2 is 2.19 bits per heavy atom. The normalized spacial score (nSPS) is 21.9. The van der Waals surface area contributed by atoms with Gasteiger partial charge in [-0.1, -0.05) is 6.42 Å². The molecule has 0 radical (unpaired) electrons. The molecular formula is C13H19N3. The van der Waals surface area contributed by atoms with Crippen molar-refractivity contribution in [3.63, 3.8) is 0 Å². The van der Waals surface area contributed by atoms with Gasteiger partial charge in [0.2, 0.25) is 0 Å². The van der Waals surface area contributed by atoms with E-state index in [1.807, 2.05) is 12.1 Å². The maximum atomic E-state index is 5.83. The van der Waals surface area contributed by atoms with E-state index in [9.17, 15) is 0 Å². The van der Waals surface area contributed by atoms with E-state index in [2.05, 4.69) is 23.3 Å². The van der Waals surface area contributed by atoms with Gasteiger partial charge in [0.25, 0.3) is 0 Å². The van der Waals surface area contributed by atoms with Crippen molar-refractivity contribution in [3.8, 4) is 0 Å². The van der Waals surface area contributed by atoms with Gasteiger partial charge < -0.3 is 16.0 Å². The van der Waals surface area contributed by atoms with Crippen LogP contribution in [0, 0.1) is 5.41 Å². The average molecular weight is 217 g/mol. The molecule has 1 aliphatic heterocycles. The molecule has 1 heterocycles. The second-order valence-corrected chi connectivity index (χ2v) is 5.34. The summed E-state index contributed by atoms with van der Waals surface area (Å²) in [5.41, 5.74) is 9.64. The molecule has 0 aromatic heterocycles. The van der Waals surface area contributed by atoms with E-state index >= 15 is 0 Å². The zero-order valence-corrected chi connectivity index (χ0v) is 9.79. The van der Waals surface area contributed by atoms with Crippen molar-refractivity contribution in [3.05, 3.63) is 18.2 Å². The Hall–Kier alpha value is -1.38. The van der Waals surface area contributed by atoms with Crippen molar-refractivity contribution in [2.24, 2.45) is 5.41 Å². The van der Waals surface area contributed by atoms with E-state index in [0.29, 0.717) is 5.41 Å². The predicted molar refractivity (Wildman–Crippen MR) is 68.9 cm³/mol. The summed E-state index contributed by atoms with van der Waals surface area (Å²) in [6, 6.07) is 6.15. The fourth-order valence-corrected chi connectivity index (χ4v) is 2.97. The largest absolute Gasteiger partial charge is 0.399 e. The molecule has 16 heavy (non-hydrogen) atoms. The summed E-state index contributed by atoms with van der Waals surface area (Å²) < 4.78 is 0. The molecule has 1 aromatic carbocycles. The third kappa shape index (κ3) is 1.42. The number of anilines is 3. The molecule has 1 aromatic rings. The van der Waals surface area contributed by atoms with Crippen LogP contribution in [0.25, 0.3) is 0 Å². The second-order valence-electron chi connectivity index (χ2n) is 5.34. The highest BCUT2D eigenvalue weighted by Crippen LogP contribution is 2.45. The predicted octanol–water partition coefficient (Wildman–Crippen LogP) is 2.30. The monoisotopic (exact) mass is 217 g/mol. The van der Waals surface area contributed by atoms with Gasteiger partial charge in [0.1, 0.15) is 0 Å². The molecule has 0 atom stereocenters. The van der Waals surface area contributed by atoms with E-state index in [1.165, 1.54) is 30.6 Å². The topological polar surface area (TPSA) is 41.3 Å². The molecule has 1 fully saturated rings. The Balaban J connectivity index is 1.95. The highest BCUT2D eigenvalue weighted by molar-refractivity contribution is 5.74. The third-order valence-corrected chi connectivity index (χ3v) is 4.07. The number of benzene rings is 1. The molecule has 0 saturated heterocycles. The molecule has 2 aliphatic rings. The Labute approximate surface area is 96.6 Å². The first-order valence-corrected chi connectivity index (χ1v) is 6.03. The molecule has 3 rings (SSSR count). The lowest BCUT2D eigenvalue weighted by Gasteiger charge is -2.43. The smallest absolute Gasteiger partial charge is 0.0601 e. The summed E-state index contributed by atoms with van der Waals surface area (Å²) in [5.74, 6) is 0. The van der Waals surface area contributed by atoms with Crippen LogP contribution >= 0.6 is 0 Å². The second kappa shape index (κ2) is 3.30. The van der Waals surface area contributed by atoms with Gasteiger partial charge >= 0.3 is 0 Å². The third-order valence-electron chi connectivity index (χ3n) is 4.07. The van der Waals surface area contributed by atoms with Gasteiger partial charge in [-0.2, -0.15) is 0 Å².